The molecule has 8 heteroatoms. The van der Waals surface area contributed by atoms with E-state index in [0.29, 0.717) is 34.4 Å². The summed E-state index contributed by atoms with van der Waals surface area (Å²) in [6, 6.07) is 18.5. The van der Waals surface area contributed by atoms with Crippen LogP contribution >= 0.6 is 0 Å². The van der Waals surface area contributed by atoms with Crippen molar-refractivity contribution in [1.82, 2.24) is 9.55 Å². The molecule has 1 heterocycles. The number of rotatable bonds is 6. The van der Waals surface area contributed by atoms with Crippen molar-refractivity contribution in [2.75, 3.05) is 10.6 Å². The second-order valence-corrected chi connectivity index (χ2v) is 7.77. The van der Waals surface area contributed by atoms with E-state index in [4.69, 9.17) is 0 Å². The number of fused-ring (bicyclic) bond motifs is 1. The Morgan fingerprint density at radius 2 is 1.65 bits per heavy atom. The largest absolute Gasteiger partial charge is 0.326 e. The van der Waals surface area contributed by atoms with Crippen molar-refractivity contribution in [3.05, 3.63) is 89.0 Å². The zero-order chi connectivity index (χ0) is 24.2. The summed E-state index contributed by atoms with van der Waals surface area (Å²) in [6.07, 6.45) is 0.327. The molecule has 3 aromatic carbocycles. The molecule has 0 saturated heterocycles. The van der Waals surface area contributed by atoms with Gasteiger partial charge in [0.25, 0.3) is 5.56 Å². The van der Waals surface area contributed by atoms with Gasteiger partial charge in [0.15, 0.2) is 0 Å². The number of aromatic nitrogens is 2. The van der Waals surface area contributed by atoms with E-state index in [2.05, 4.69) is 15.6 Å². The molecule has 4 aromatic rings. The normalized spacial score (nSPS) is 11.7. The van der Waals surface area contributed by atoms with Gasteiger partial charge in [0, 0.05) is 18.2 Å². The fraction of sp³-hybridized carbons (Fsp3) is 0.154. The van der Waals surface area contributed by atoms with Gasteiger partial charge >= 0.3 is 0 Å². The van der Waals surface area contributed by atoms with E-state index < -0.39 is 23.3 Å². The third-order valence-corrected chi connectivity index (χ3v) is 5.40. The number of carbonyl (C=O) groups is 2. The monoisotopic (exact) mass is 458 g/mol. The van der Waals surface area contributed by atoms with Crippen molar-refractivity contribution < 1.29 is 14.0 Å². The van der Waals surface area contributed by atoms with Gasteiger partial charge in [0.1, 0.15) is 17.6 Å². The SMILES string of the molecule is CC[C@H](C(=O)Nc1ccc(F)cc1)n1c(=O)c(-c2ccccc2NC(C)=O)nc2ccccc21. The summed E-state index contributed by atoms with van der Waals surface area (Å²) < 4.78 is 14.7. The predicted molar refractivity (Wildman–Crippen MR) is 130 cm³/mol. The van der Waals surface area contributed by atoms with E-state index in [1.165, 1.54) is 35.8 Å². The lowest BCUT2D eigenvalue weighted by molar-refractivity contribution is -0.119. The third kappa shape index (κ3) is 4.56. The molecule has 1 aromatic heterocycles. The quantitative estimate of drug-likeness (QED) is 0.436. The molecule has 0 aliphatic rings. The molecule has 0 fully saturated rings. The Balaban J connectivity index is 1.88. The molecular weight excluding hydrogens is 435 g/mol. The molecule has 172 valence electrons. The van der Waals surface area contributed by atoms with Gasteiger partial charge in [-0.1, -0.05) is 37.3 Å². The molecule has 1 atom stereocenters. The van der Waals surface area contributed by atoms with Gasteiger partial charge in [-0.2, -0.15) is 0 Å². The van der Waals surface area contributed by atoms with E-state index in [9.17, 15) is 18.8 Å². The molecule has 0 radical (unpaired) electrons. The Labute approximate surface area is 195 Å². The minimum atomic E-state index is -0.850. The molecule has 0 aliphatic carbocycles. The average Bonchev–Trinajstić information content (AvgIpc) is 2.82. The number of anilines is 2. The van der Waals surface area contributed by atoms with Crippen molar-refractivity contribution >= 4 is 34.2 Å². The van der Waals surface area contributed by atoms with Gasteiger partial charge in [-0.3, -0.25) is 19.0 Å². The number of halogens is 1. The maximum absolute atomic E-state index is 13.8. The van der Waals surface area contributed by atoms with Crippen LogP contribution in [0.15, 0.2) is 77.6 Å². The molecule has 2 N–H and O–H groups in total. The van der Waals surface area contributed by atoms with Crippen LogP contribution in [0.5, 0.6) is 0 Å². The van der Waals surface area contributed by atoms with Gasteiger partial charge in [-0.15, -0.1) is 0 Å². The average molecular weight is 458 g/mol. The topological polar surface area (TPSA) is 93.1 Å². The van der Waals surface area contributed by atoms with Crippen LogP contribution in [0.25, 0.3) is 22.3 Å². The standard InChI is InChI=1S/C26H23FN4O3/c1-3-22(25(33)29-18-14-12-17(27)13-15-18)31-23-11-7-6-10-21(23)30-24(26(31)34)19-8-4-5-9-20(19)28-16(2)32/h4-15,22H,3H2,1-2H3,(H,28,32)(H,29,33)/t22-/m1/s1. The Morgan fingerprint density at radius 3 is 2.35 bits per heavy atom. The highest BCUT2D eigenvalue weighted by atomic mass is 19.1. The number of para-hydroxylation sites is 3. The highest BCUT2D eigenvalue weighted by molar-refractivity contribution is 5.96. The molecule has 0 unspecified atom stereocenters. The molecule has 7 nitrogen and oxygen atoms in total. The molecule has 2 amide bonds. The van der Waals surface area contributed by atoms with Crippen LogP contribution < -0.4 is 16.2 Å². The summed E-state index contributed by atoms with van der Waals surface area (Å²) in [6.45, 7) is 3.19. The first-order chi connectivity index (χ1) is 16.4. The van der Waals surface area contributed by atoms with Crippen LogP contribution in [-0.4, -0.2) is 21.4 Å². The lowest BCUT2D eigenvalue weighted by atomic mass is 10.1. The van der Waals surface area contributed by atoms with E-state index in [-0.39, 0.29) is 11.6 Å². The molecule has 0 aliphatic heterocycles. The Bertz CT molecular complexity index is 1430. The number of benzene rings is 3. The second kappa shape index (κ2) is 9.66. The number of nitrogens with zero attached hydrogens (tertiary/aromatic N) is 2. The summed E-state index contributed by atoms with van der Waals surface area (Å²) in [5, 5.41) is 5.50. The van der Waals surface area contributed by atoms with Gasteiger partial charge in [0.2, 0.25) is 11.8 Å². The lowest BCUT2D eigenvalue weighted by Crippen LogP contribution is -2.34. The van der Waals surface area contributed by atoms with E-state index in [0.717, 1.165) is 0 Å². The minimum absolute atomic E-state index is 0.121. The maximum atomic E-state index is 13.8. The van der Waals surface area contributed by atoms with Crippen LogP contribution in [0.4, 0.5) is 15.8 Å². The number of hydrogen-bond donors (Lipinski definition) is 2. The molecule has 0 bridgehead atoms. The van der Waals surface area contributed by atoms with Crippen molar-refractivity contribution in [3.8, 4) is 11.3 Å². The summed E-state index contributed by atoms with van der Waals surface area (Å²) >= 11 is 0. The first-order valence-corrected chi connectivity index (χ1v) is 10.8. The van der Waals surface area contributed by atoms with E-state index in [1.807, 2.05) is 6.92 Å². The summed E-state index contributed by atoms with van der Waals surface area (Å²) in [4.78, 5) is 43.3. The van der Waals surface area contributed by atoms with Crippen LogP contribution in [-0.2, 0) is 9.59 Å². The number of carbonyl (C=O) groups excluding carboxylic acids is 2. The fourth-order valence-corrected chi connectivity index (χ4v) is 3.87. The summed E-state index contributed by atoms with van der Waals surface area (Å²) in [5.74, 6) is -1.10. The highest BCUT2D eigenvalue weighted by Crippen LogP contribution is 2.27. The van der Waals surface area contributed by atoms with Gasteiger partial charge in [-0.05, 0) is 48.9 Å². The van der Waals surface area contributed by atoms with E-state index in [1.54, 1.807) is 48.5 Å². The van der Waals surface area contributed by atoms with Crippen LogP contribution in [0, 0.1) is 5.82 Å². The fourth-order valence-electron chi connectivity index (χ4n) is 3.87. The van der Waals surface area contributed by atoms with Crippen molar-refractivity contribution in [1.29, 1.82) is 0 Å². The molecule has 34 heavy (non-hydrogen) atoms. The van der Waals surface area contributed by atoms with Gasteiger partial charge in [0.05, 0.1) is 16.7 Å². The number of amides is 2. The Kier molecular flexibility index (Phi) is 6.49. The van der Waals surface area contributed by atoms with Crippen molar-refractivity contribution in [2.45, 2.75) is 26.3 Å². The molecule has 0 spiro atoms. The molecular formula is C26H23FN4O3. The number of hydrogen-bond acceptors (Lipinski definition) is 4. The zero-order valence-electron chi connectivity index (χ0n) is 18.7. The maximum Gasteiger partial charge on any atom is 0.278 e. The summed E-state index contributed by atoms with van der Waals surface area (Å²) in [5.41, 5.74) is 2.03. The summed E-state index contributed by atoms with van der Waals surface area (Å²) in [7, 11) is 0. The first-order valence-electron chi connectivity index (χ1n) is 10.8. The van der Waals surface area contributed by atoms with Gasteiger partial charge in [-0.25, -0.2) is 9.37 Å². The number of nitrogens with one attached hydrogen (secondary N) is 2. The molecule has 0 saturated carbocycles. The smallest absolute Gasteiger partial charge is 0.278 e. The van der Waals surface area contributed by atoms with Crippen LogP contribution in [0.1, 0.15) is 26.3 Å². The predicted octanol–water partition coefficient (Wildman–Crippen LogP) is 4.75. The van der Waals surface area contributed by atoms with Gasteiger partial charge < -0.3 is 10.6 Å². The van der Waals surface area contributed by atoms with Crippen LogP contribution in [0.2, 0.25) is 0 Å². The Morgan fingerprint density at radius 1 is 0.971 bits per heavy atom. The highest BCUT2D eigenvalue weighted by Gasteiger charge is 2.25. The second-order valence-electron chi connectivity index (χ2n) is 7.77. The Hall–Kier alpha value is -4.33. The third-order valence-electron chi connectivity index (χ3n) is 5.40. The minimum Gasteiger partial charge on any atom is -0.326 e. The lowest BCUT2D eigenvalue weighted by Gasteiger charge is -2.21. The van der Waals surface area contributed by atoms with Crippen molar-refractivity contribution in [3.63, 3.8) is 0 Å². The van der Waals surface area contributed by atoms with E-state index >= 15 is 0 Å². The van der Waals surface area contributed by atoms with Crippen LogP contribution in [0.3, 0.4) is 0 Å². The molecule has 4 rings (SSSR count). The zero-order valence-corrected chi connectivity index (χ0v) is 18.7. The van der Waals surface area contributed by atoms with Crippen molar-refractivity contribution in [2.24, 2.45) is 0 Å². The first kappa shape index (κ1) is 22.8.